The van der Waals surface area contributed by atoms with Crippen LogP contribution in [-0.2, 0) is 16.3 Å². The van der Waals surface area contributed by atoms with E-state index in [1.165, 1.54) is 11.6 Å². The molecule has 0 unspecified atom stereocenters. The molecular weight excluding hydrogens is 390 g/mol. The fraction of sp³-hybridized carbons (Fsp3) is 0.227. The lowest BCUT2D eigenvalue weighted by Crippen LogP contribution is -2.30. The first-order valence-electron chi connectivity index (χ1n) is 9.25. The van der Waals surface area contributed by atoms with Gasteiger partial charge in [0.2, 0.25) is 9.84 Å². The first-order valence-corrected chi connectivity index (χ1v) is 11.6. The van der Waals surface area contributed by atoms with Crippen LogP contribution in [0.25, 0.3) is 0 Å². The number of amides is 1. The van der Waals surface area contributed by atoms with Gasteiger partial charge in [-0.3, -0.25) is 4.79 Å². The van der Waals surface area contributed by atoms with Gasteiger partial charge in [0.15, 0.2) is 0 Å². The number of carbonyl (C=O) groups is 1. The minimum absolute atomic E-state index is 0.0308. The molecule has 1 amide bonds. The van der Waals surface area contributed by atoms with Crippen molar-refractivity contribution >= 4 is 27.1 Å². The average Bonchev–Trinajstić information content (AvgIpc) is 3.20. The van der Waals surface area contributed by atoms with Crippen molar-refractivity contribution in [2.45, 2.75) is 41.3 Å². The predicted octanol–water partition coefficient (Wildman–Crippen LogP) is 4.70. The normalized spacial score (nSPS) is 16.4. The summed E-state index contributed by atoms with van der Waals surface area (Å²) >= 11 is 1.02. The first kappa shape index (κ1) is 18.9. The Labute approximate surface area is 169 Å². The summed E-state index contributed by atoms with van der Waals surface area (Å²) < 4.78 is 25.8. The summed E-state index contributed by atoms with van der Waals surface area (Å²) in [6.07, 6.45) is 2.95. The van der Waals surface area contributed by atoms with Crippen molar-refractivity contribution in [3.63, 3.8) is 0 Å². The van der Waals surface area contributed by atoms with Crippen LogP contribution in [0.5, 0.6) is 0 Å². The van der Waals surface area contributed by atoms with E-state index < -0.39 is 9.84 Å². The Morgan fingerprint density at radius 3 is 2.57 bits per heavy atom. The molecule has 4 rings (SSSR count). The van der Waals surface area contributed by atoms with Crippen LogP contribution in [0.4, 0.5) is 0 Å². The van der Waals surface area contributed by atoms with Gasteiger partial charge in [-0.15, -0.1) is 11.3 Å². The number of fused-ring (bicyclic) bond motifs is 1. The molecule has 0 saturated carbocycles. The molecule has 1 aliphatic carbocycles. The summed E-state index contributed by atoms with van der Waals surface area (Å²) in [5.41, 5.74) is 3.43. The van der Waals surface area contributed by atoms with Gasteiger partial charge < -0.3 is 5.32 Å². The highest BCUT2D eigenvalue weighted by atomic mass is 32.2. The van der Waals surface area contributed by atoms with Gasteiger partial charge in [0.25, 0.3) is 5.91 Å². The maximum atomic E-state index is 12.8. The van der Waals surface area contributed by atoms with Crippen molar-refractivity contribution in [3.8, 4) is 0 Å². The van der Waals surface area contributed by atoms with Crippen molar-refractivity contribution < 1.29 is 13.2 Å². The van der Waals surface area contributed by atoms with E-state index in [2.05, 4.69) is 17.4 Å². The summed E-state index contributed by atoms with van der Waals surface area (Å²) in [6, 6.07) is 18.0. The maximum Gasteiger partial charge on any atom is 0.261 e. The molecule has 0 aliphatic heterocycles. The van der Waals surface area contributed by atoms with E-state index in [1.54, 1.807) is 30.3 Å². The highest BCUT2D eigenvalue weighted by Crippen LogP contribution is 2.31. The molecule has 1 atom stereocenters. The molecular formula is C22H21NO3S2. The molecule has 0 saturated heterocycles. The topological polar surface area (TPSA) is 63.2 Å². The zero-order valence-corrected chi connectivity index (χ0v) is 17.1. The Kier molecular flexibility index (Phi) is 5.08. The SMILES string of the molecule is Cc1ccc(S(=O)(=O)c2ccc(C(=O)N[C@H]3CCCc4ccccc43)s2)cc1. The molecule has 144 valence electrons. The second-order valence-corrected chi connectivity index (χ2v) is 10.3. The monoisotopic (exact) mass is 411 g/mol. The van der Waals surface area contributed by atoms with E-state index in [0.717, 1.165) is 41.7 Å². The lowest BCUT2D eigenvalue weighted by Gasteiger charge is -2.26. The minimum Gasteiger partial charge on any atom is -0.345 e. The molecule has 1 aliphatic rings. The minimum atomic E-state index is -3.61. The van der Waals surface area contributed by atoms with Crippen LogP contribution in [0.2, 0.25) is 0 Å². The van der Waals surface area contributed by atoms with Gasteiger partial charge in [-0.2, -0.15) is 0 Å². The third kappa shape index (κ3) is 3.62. The smallest absolute Gasteiger partial charge is 0.261 e. The molecule has 0 bridgehead atoms. The predicted molar refractivity (Wildman–Crippen MR) is 111 cm³/mol. The molecule has 2 aromatic carbocycles. The fourth-order valence-corrected chi connectivity index (χ4v) is 6.16. The zero-order chi connectivity index (χ0) is 19.7. The molecule has 28 heavy (non-hydrogen) atoms. The van der Waals surface area contributed by atoms with E-state index in [0.29, 0.717) is 4.88 Å². The van der Waals surface area contributed by atoms with Crippen LogP contribution in [0.15, 0.2) is 69.8 Å². The number of carbonyl (C=O) groups excluding carboxylic acids is 1. The average molecular weight is 412 g/mol. The number of hydrogen-bond acceptors (Lipinski definition) is 4. The molecule has 0 radical (unpaired) electrons. The van der Waals surface area contributed by atoms with Crippen molar-refractivity contribution in [3.05, 3.63) is 82.2 Å². The Bertz CT molecular complexity index is 1110. The molecule has 0 fully saturated rings. The summed E-state index contributed by atoms with van der Waals surface area (Å²) in [5.74, 6) is -0.225. The molecule has 1 heterocycles. The summed E-state index contributed by atoms with van der Waals surface area (Å²) in [6.45, 7) is 1.91. The van der Waals surface area contributed by atoms with Crippen LogP contribution in [-0.4, -0.2) is 14.3 Å². The van der Waals surface area contributed by atoms with E-state index in [9.17, 15) is 13.2 Å². The Morgan fingerprint density at radius 1 is 1.04 bits per heavy atom. The van der Waals surface area contributed by atoms with Crippen molar-refractivity contribution in [2.24, 2.45) is 0 Å². The number of sulfone groups is 1. The molecule has 3 aromatic rings. The highest BCUT2D eigenvalue weighted by Gasteiger charge is 2.25. The number of benzene rings is 2. The van der Waals surface area contributed by atoms with E-state index in [1.807, 2.05) is 19.1 Å². The van der Waals surface area contributed by atoms with Gasteiger partial charge >= 0.3 is 0 Å². The van der Waals surface area contributed by atoms with Crippen molar-refractivity contribution in [2.75, 3.05) is 0 Å². The van der Waals surface area contributed by atoms with Gasteiger partial charge in [0, 0.05) is 0 Å². The summed E-state index contributed by atoms with van der Waals surface area (Å²) in [7, 11) is -3.61. The van der Waals surface area contributed by atoms with E-state index in [-0.39, 0.29) is 21.1 Å². The Balaban J connectivity index is 1.55. The van der Waals surface area contributed by atoms with Gasteiger partial charge in [0.05, 0.1) is 15.8 Å². The number of rotatable bonds is 4. The van der Waals surface area contributed by atoms with Gasteiger partial charge in [-0.05, 0) is 61.6 Å². The molecule has 4 nitrogen and oxygen atoms in total. The summed E-state index contributed by atoms with van der Waals surface area (Å²) in [4.78, 5) is 13.4. The molecule has 1 aromatic heterocycles. The van der Waals surface area contributed by atoms with Crippen molar-refractivity contribution in [1.82, 2.24) is 5.32 Å². The van der Waals surface area contributed by atoms with Gasteiger partial charge in [-0.25, -0.2) is 8.42 Å². The number of nitrogens with one attached hydrogen (secondary N) is 1. The fourth-order valence-electron chi connectivity index (χ4n) is 3.55. The second kappa shape index (κ2) is 7.53. The van der Waals surface area contributed by atoms with Crippen LogP contribution >= 0.6 is 11.3 Å². The lowest BCUT2D eigenvalue weighted by atomic mass is 9.88. The molecule has 6 heteroatoms. The Morgan fingerprint density at radius 2 is 1.79 bits per heavy atom. The molecule has 1 N–H and O–H groups in total. The third-order valence-electron chi connectivity index (χ3n) is 5.08. The van der Waals surface area contributed by atoms with Gasteiger partial charge in [0.1, 0.15) is 4.21 Å². The standard InChI is InChI=1S/C22H21NO3S2/c1-15-9-11-17(12-10-15)28(25,26)21-14-13-20(27-21)22(24)23-19-8-4-6-16-5-2-3-7-18(16)19/h2-3,5,7,9-14,19H,4,6,8H2,1H3,(H,23,24)/t19-/m0/s1. The maximum absolute atomic E-state index is 12.8. The van der Waals surface area contributed by atoms with Crippen LogP contribution in [0, 0.1) is 6.92 Å². The van der Waals surface area contributed by atoms with Crippen LogP contribution < -0.4 is 5.32 Å². The zero-order valence-electron chi connectivity index (χ0n) is 15.5. The van der Waals surface area contributed by atoms with E-state index in [4.69, 9.17) is 0 Å². The third-order valence-corrected chi connectivity index (χ3v) is 8.42. The van der Waals surface area contributed by atoms with E-state index >= 15 is 0 Å². The lowest BCUT2D eigenvalue weighted by molar-refractivity contribution is 0.0937. The summed E-state index contributed by atoms with van der Waals surface area (Å²) in [5, 5.41) is 3.08. The van der Waals surface area contributed by atoms with Crippen molar-refractivity contribution in [1.29, 1.82) is 0 Å². The quantitative estimate of drug-likeness (QED) is 0.677. The first-order chi connectivity index (χ1) is 13.4. The molecule has 0 spiro atoms. The Hall–Kier alpha value is -2.44. The van der Waals surface area contributed by atoms with Crippen LogP contribution in [0.3, 0.4) is 0 Å². The number of hydrogen-bond donors (Lipinski definition) is 1. The van der Waals surface area contributed by atoms with Gasteiger partial charge in [-0.1, -0.05) is 42.0 Å². The largest absolute Gasteiger partial charge is 0.345 e. The highest BCUT2D eigenvalue weighted by molar-refractivity contribution is 7.93. The second-order valence-electron chi connectivity index (χ2n) is 7.05. The van der Waals surface area contributed by atoms with Crippen LogP contribution in [0.1, 0.15) is 45.2 Å². The number of thiophene rings is 1. The number of aryl methyl sites for hydroxylation is 2.